The summed E-state index contributed by atoms with van der Waals surface area (Å²) in [5, 5.41) is 3.91. The van der Waals surface area contributed by atoms with E-state index in [9.17, 15) is 0 Å². The first-order valence-electron chi connectivity index (χ1n) is 6.56. The fourth-order valence-corrected chi connectivity index (χ4v) is 1.28. The monoisotopic (exact) mass is 245 g/mol. The van der Waals surface area contributed by atoms with Crippen molar-refractivity contribution in [2.45, 2.75) is 52.6 Å². The van der Waals surface area contributed by atoms with Crippen molar-refractivity contribution in [3.05, 3.63) is 0 Å². The van der Waals surface area contributed by atoms with Crippen molar-refractivity contribution in [1.82, 2.24) is 0 Å². The summed E-state index contributed by atoms with van der Waals surface area (Å²) in [6.45, 7) is 8.32. The summed E-state index contributed by atoms with van der Waals surface area (Å²) in [6, 6.07) is 0. The van der Waals surface area contributed by atoms with Crippen LogP contribution in [0.5, 0.6) is 0 Å². The number of unbranched alkanes of at least 4 members (excludes halogenated alkanes) is 1. The molecule has 0 aliphatic rings. The molecule has 17 heavy (non-hydrogen) atoms. The third-order valence-electron chi connectivity index (χ3n) is 2.52. The maximum absolute atomic E-state index is 5.74. The molecule has 0 saturated heterocycles. The zero-order valence-electron chi connectivity index (χ0n) is 11.7. The van der Waals surface area contributed by atoms with Crippen LogP contribution in [-0.4, -0.2) is 38.7 Å². The van der Waals surface area contributed by atoms with Crippen molar-refractivity contribution in [2.75, 3.05) is 26.9 Å². The topological polar surface area (TPSA) is 40.0 Å². The SMILES string of the molecule is CCCCOC[C@@H](CC)OC/C(CC)=N/OC. The normalized spacial score (nSPS) is 13.8. The average molecular weight is 245 g/mol. The number of oxime groups is 1. The van der Waals surface area contributed by atoms with Gasteiger partial charge in [0.05, 0.1) is 25.0 Å². The molecule has 0 aromatic rings. The van der Waals surface area contributed by atoms with Gasteiger partial charge in [0.25, 0.3) is 0 Å². The molecule has 0 aliphatic heterocycles. The standard InChI is InChI=1S/C13H27NO3/c1-5-8-9-16-11-13(7-3)17-10-12(6-2)14-15-4/h13H,5-11H2,1-4H3/b14-12+/t13-/m1/s1. The van der Waals surface area contributed by atoms with Crippen LogP contribution in [0.15, 0.2) is 5.16 Å². The molecule has 4 heteroatoms. The van der Waals surface area contributed by atoms with Crippen LogP contribution in [0, 0.1) is 0 Å². The lowest BCUT2D eigenvalue weighted by molar-refractivity contribution is -0.00504. The smallest absolute Gasteiger partial charge is 0.106 e. The molecule has 0 aromatic carbocycles. The molecule has 0 spiro atoms. The predicted octanol–water partition coefficient (Wildman–Crippen LogP) is 3.01. The third kappa shape index (κ3) is 9.12. The molecular weight excluding hydrogens is 218 g/mol. The maximum atomic E-state index is 5.74. The Morgan fingerprint density at radius 2 is 2.00 bits per heavy atom. The number of hydrogen-bond donors (Lipinski definition) is 0. The van der Waals surface area contributed by atoms with Crippen molar-refractivity contribution < 1.29 is 14.3 Å². The van der Waals surface area contributed by atoms with E-state index in [1.54, 1.807) is 7.11 Å². The van der Waals surface area contributed by atoms with Crippen molar-refractivity contribution >= 4 is 5.71 Å². The number of rotatable bonds is 11. The first kappa shape index (κ1) is 16.4. The molecule has 0 radical (unpaired) electrons. The van der Waals surface area contributed by atoms with Crippen molar-refractivity contribution in [2.24, 2.45) is 5.16 Å². The molecule has 4 nitrogen and oxygen atoms in total. The summed E-state index contributed by atoms with van der Waals surface area (Å²) in [7, 11) is 1.56. The maximum Gasteiger partial charge on any atom is 0.106 e. The van der Waals surface area contributed by atoms with Crippen molar-refractivity contribution in [3.63, 3.8) is 0 Å². The molecule has 0 unspecified atom stereocenters. The predicted molar refractivity (Wildman–Crippen MR) is 70.5 cm³/mol. The van der Waals surface area contributed by atoms with Crippen LogP contribution < -0.4 is 0 Å². The Balaban J connectivity index is 3.76. The molecule has 0 aromatic heterocycles. The van der Waals surface area contributed by atoms with E-state index >= 15 is 0 Å². The van der Waals surface area contributed by atoms with Gasteiger partial charge in [-0.1, -0.05) is 32.3 Å². The number of hydrogen-bond acceptors (Lipinski definition) is 4. The number of ether oxygens (including phenoxy) is 2. The molecule has 0 amide bonds. The lowest BCUT2D eigenvalue weighted by atomic mass is 10.2. The average Bonchev–Trinajstić information content (AvgIpc) is 2.36. The minimum Gasteiger partial charge on any atom is -0.399 e. The van der Waals surface area contributed by atoms with E-state index < -0.39 is 0 Å². The highest BCUT2D eigenvalue weighted by Gasteiger charge is 2.08. The Kier molecular flexibility index (Phi) is 11.4. The van der Waals surface area contributed by atoms with Crippen molar-refractivity contribution in [1.29, 1.82) is 0 Å². The fraction of sp³-hybridized carbons (Fsp3) is 0.923. The Morgan fingerprint density at radius 1 is 1.24 bits per heavy atom. The summed E-state index contributed by atoms with van der Waals surface area (Å²) in [5.74, 6) is 0. The first-order valence-corrected chi connectivity index (χ1v) is 6.56. The second-order valence-electron chi connectivity index (χ2n) is 3.96. The van der Waals surface area contributed by atoms with Gasteiger partial charge in [0.1, 0.15) is 7.11 Å². The second kappa shape index (κ2) is 11.9. The van der Waals surface area contributed by atoms with Crippen LogP contribution in [0.3, 0.4) is 0 Å². The van der Waals surface area contributed by atoms with Gasteiger partial charge in [-0.2, -0.15) is 0 Å². The Hall–Kier alpha value is -0.610. The molecule has 1 atom stereocenters. The van der Waals surface area contributed by atoms with E-state index in [1.807, 2.05) is 6.92 Å². The zero-order chi connectivity index (χ0) is 12.9. The molecule has 0 fully saturated rings. The molecule has 0 saturated carbocycles. The Labute approximate surface area is 105 Å². The zero-order valence-corrected chi connectivity index (χ0v) is 11.7. The molecule has 0 aliphatic carbocycles. The summed E-state index contributed by atoms with van der Waals surface area (Å²) >= 11 is 0. The van der Waals surface area contributed by atoms with Gasteiger partial charge < -0.3 is 14.3 Å². The van der Waals surface area contributed by atoms with Crippen LogP contribution >= 0.6 is 0 Å². The summed E-state index contributed by atoms with van der Waals surface area (Å²) in [4.78, 5) is 4.75. The molecular formula is C13H27NO3. The van der Waals surface area contributed by atoms with Crippen LogP contribution in [-0.2, 0) is 14.3 Å². The lowest BCUT2D eigenvalue weighted by Gasteiger charge is -2.16. The van der Waals surface area contributed by atoms with E-state index in [4.69, 9.17) is 14.3 Å². The lowest BCUT2D eigenvalue weighted by Crippen LogP contribution is -2.23. The van der Waals surface area contributed by atoms with Crippen LogP contribution in [0.4, 0.5) is 0 Å². The van der Waals surface area contributed by atoms with E-state index in [2.05, 4.69) is 19.0 Å². The Bertz CT molecular complexity index is 195. The third-order valence-corrected chi connectivity index (χ3v) is 2.52. The van der Waals surface area contributed by atoms with E-state index in [0.717, 1.165) is 38.0 Å². The first-order chi connectivity index (χ1) is 8.28. The molecule has 0 rings (SSSR count). The summed E-state index contributed by atoms with van der Waals surface area (Å²) < 4.78 is 11.3. The summed E-state index contributed by atoms with van der Waals surface area (Å²) in [5.41, 5.74) is 0.930. The second-order valence-corrected chi connectivity index (χ2v) is 3.96. The van der Waals surface area contributed by atoms with Crippen LogP contribution in [0.25, 0.3) is 0 Å². The van der Waals surface area contributed by atoms with Crippen LogP contribution in [0.1, 0.15) is 46.5 Å². The van der Waals surface area contributed by atoms with Gasteiger partial charge in [0.15, 0.2) is 0 Å². The van der Waals surface area contributed by atoms with E-state index in [-0.39, 0.29) is 6.10 Å². The van der Waals surface area contributed by atoms with Gasteiger partial charge in [-0.05, 0) is 19.3 Å². The highest BCUT2D eigenvalue weighted by atomic mass is 16.6. The van der Waals surface area contributed by atoms with Gasteiger partial charge in [-0.15, -0.1) is 0 Å². The Morgan fingerprint density at radius 3 is 2.53 bits per heavy atom. The minimum atomic E-state index is 0.153. The quantitative estimate of drug-likeness (QED) is 0.319. The van der Waals surface area contributed by atoms with Gasteiger partial charge in [-0.25, -0.2) is 0 Å². The van der Waals surface area contributed by atoms with Crippen molar-refractivity contribution in [3.8, 4) is 0 Å². The highest BCUT2D eigenvalue weighted by molar-refractivity contribution is 5.84. The van der Waals surface area contributed by atoms with Gasteiger partial charge >= 0.3 is 0 Å². The highest BCUT2D eigenvalue weighted by Crippen LogP contribution is 2.02. The van der Waals surface area contributed by atoms with Gasteiger partial charge in [0.2, 0.25) is 0 Å². The molecule has 0 bridgehead atoms. The van der Waals surface area contributed by atoms with Gasteiger partial charge in [-0.3, -0.25) is 0 Å². The minimum absolute atomic E-state index is 0.153. The largest absolute Gasteiger partial charge is 0.399 e. The van der Waals surface area contributed by atoms with Gasteiger partial charge in [0, 0.05) is 6.61 Å². The van der Waals surface area contributed by atoms with E-state index in [1.165, 1.54) is 0 Å². The summed E-state index contributed by atoms with van der Waals surface area (Å²) in [6.07, 6.45) is 4.23. The molecule has 0 N–H and O–H groups in total. The number of nitrogens with zero attached hydrogens (tertiary/aromatic N) is 1. The van der Waals surface area contributed by atoms with E-state index in [0.29, 0.717) is 13.2 Å². The van der Waals surface area contributed by atoms with Crippen LogP contribution in [0.2, 0.25) is 0 Å². The molecule has 0 heterocycles. The molecule has 102 valence electrons. The fourth-order valence-electron chi connectivity index (χ4n) is 1.28.